The summed E-state index contributed by atoms with van der Waals surface area (Å²) in [5, 5.41) is 6.24. The maximum Gasteiger partial charge on any atom is 0.226 e. The van der Waals surface area contributed by atoms with Crippen molar-refractivity contribution in [3.05, 3.63) is 35.8 Å². The highest BCUT2D eigenvalue weighted by molar-refractivity contribution is 7.14. The Morgan fingerprint density at radius 1 is 1.11 bits per heavy atom. The normalized spacial score (nSPS) is 14.5. The quantitative estimate of drug-likeness (QED) is 0.711. The molecule has 0 bridgehead atoms. The van der Waals surface area contributed by atoms with Crippen LogP contribution >= 0.6 is 22.9 Å². The minimum Gasteiger partial charge on any atom is -0.352 e. The van der Waals surface area contributed by atoms with Gasteiger partial charge in [-0.05, 0) is 23.7 Å². The standard InChI is InChI=1S/C18H19N5O2S2/c24-15(20-18-19-7-12-26-18)5-6-16(25)22-8-10-23(11-9-22)17-13-3-1-2-4-14(13)27-21-17/h1-4,7,12H,5-6,8-11H2,(H,19,20,24). The first kappa shape index (κ1) is 17.9. The number of nitrogens with zero attached hydrogens (tertiary/aromatic N) is 4. The van der Waals surface area contributed by atoms with E-state index < -0.39 is 0 Å². The number of fused-ring (bicyclic) bond motifs is 1. The van der Waals surface area contributed by atoms with E-state index in [1.165, 1.54) is 33.0 Å². The molecular formula is C18H19N5O2S2. The van der Waals surface area contributed by atoms with E-state index in [2.05, 4.69) is 31.7 Å². The van der Waals surface area contributed by atoms with Crippen LogP contribution in [0.3, 0.4) is 0 Å². The van der Waals surface area contributed by atoms with E-state index in [-0.39, 0.29) is 24.7 Å². The van der Waals surface area contributed by atoms with Crippen molar-refractivity contribution in [2.45, 2.75) is 12.8 Å². The lowest BCUT2D eigenvalue weighted by molar-refractivity contribution is -0.133. The zero-order valence-corrected chi connectivity index (χ0v) is 16.3. The van der Waals surface area contributed by atoms with Crippen LogP contribution < -0.4 is 10.2 Å². The minimum absolute atomic E-state index is 0.0204. The molecule has 2 amide bonds. The first-order valence-corrected chi connectivity index (χ1v) is 10.4. The second kappa shape index (κ2) is 8.01. The van der Waals surface area contributed by atoms with Gasteiger partial charge in [0.15, 0.2) is 5.13 Å². The molecular weight excluding hydrogens is 382 g/mol. The van der Waals surface area contributed by atoms with Crippen LogP contribution in [0.2, 0.25) is 0 Å². The monoisotopic (exact) mass is 401 g/mol. The molecule has 4 rings (SSSR count). The Labute approximate surface area is 164 Å². The van der Waals surface area contributed by atoms with Crippen molar-refractivity contribution in [3.63, 3.8) is 0 Å². The van der Waals surface area contributed by atoms with Crippen LogP contribution in [-0.4, -0.2) is 52.3 Å². The molecule has 9 heteroatoms. The zero-order valence-electron chi connectivity index (χ0n) is 14.6. The second-order valence-electron chi connectivity index (χ2n) is 6.26. The van der Waals surface area contributed by atoms with Gasteiger partial charge in [-0.1, -0.05) is 12.1 Å². The molecule has 0 aliphatic carbocycles. The molecule has 3 heterocycles. The lowest BCUT2D eigenvalue weighted by Gasteiger charge is -2.35. The Kier molecular flexibility index (Phi) is 5.30. The summed E-state index contributed by atoms with van der Waals surface area (Å²) >= 11 is 2.87. The van der Waals surface area contributed by atoms with E-state index in [0.29, 0.717) is 18.2 Å². The number of benzene rings is 1. The first-order chi connectivity index (χ1) is 13.2. The number of hydrogen-bond acceptors (Lipinski definition) is 7. The van der Waals surface area contributed by atoms with E-state index in [0.717, 1.165) is 18.9 Å². The number of carbonyl (C=O) groups excluding carboxylic acids is 2. The summed E-state index contributed by atoms with van der Waals surface area (Å²) < 4.78 is 5.77. The highest BCUT2D eigenvalue weighted by Gasteiger charge is 2.24. The lowest BCUT2D eigenvalue weighted by Crippen LogP contribution is -2.49. The predicted octanol–water partition coefficient (Wildman–Crippen LogP) is 2.82. The molecule has 0 spiro atoms. The topological polar surface area (TPSA) is 78.4 Å². The number of nitrogens with one attached hydrogen (secondary N) is 1. The first-order valence-electron chi connectivity index (χ1n) is 8.77. The third-order valence-electron chi connectivity index (χ3n) is 4.53. The van der Waals surface area contributed by atoms with Gasteiger partial charge in [0.25, 0.3) is 0 Å². The van der Waals surface area contributed by atoms with E-state index in [4.69, 9.17) is 0 Å². The van der Waals surface area contributed by atoms with Crippen molar-refractivity contribution in [3.8, 4) is 0 Å². The van der Waals surface area contributed by atoms with Crippen LogP contribution in [-0.2, 0) is 9.59 Å². The number of piperazine rings is 1. The summed E-state index contributed by atoms with van der Waals surface area (Å²) in [6.45, 7) is 2.81. The van der Waals surface area contributed by atoms with Crippen LogP contribution in [0.4, 0.5) is 10.9 Å². The fourth-order valence-electron chi connectivity index (χ4n) is 3.11. The molecule has 0 atom stereocenters. The number of aromatic nitrogens is 2. The van der Waals surface area contributed by atoms with Crippen molar-refractivity contribution in [2.24, 2.45) is 0 Å². The molecule has 1 aliphatic heterocycles. The van der Waals surface area contributed by atoms with E-state index in [1.54, 1.807) is 11.6 Å². The Bertz CT molecular complexity index is 932. The van der Waals surface area contributed by atoms with Gasteiger partial charge in [0.05, 0.1) is 4.70 Å². The molecule has 2 aromatic heterocycles. The van der Waals surface area contributed by atoms with Crippen LogP contribution in [0.25, 0.3) is 10.1 Å². The van der Waals surface area contributed by atoms with Crippen molar-refractivity contribution >= 4 is 55.7 Å². The van der Waals surface area contributed by atoms with Crippen molar-refractivity contribution < 1.29 is 9.59 Å². The lowest BCUT2D eigenvalue weighted by atomic mass is 10.2. The third kappa shape index (κ3) is 4.09. The van der Waals surface area contributed by atoms with Gasteiger partial charge < -0.3 is 15.1 Å². The average Bonchev–Trinajstić information content (AvgIpc) is 3.36. The zero-order chi connectivity index (χ0) is 18.6. The third-order valence-corrected chi connectivity index (χ3v) is 6.04. The van der Waals surface area contributed by atoms with Crippen molar-refractivity contribution in [2.75, 3.05) is 36.4 Å². The maximum absolute atomic E-state index is 12.4. The van der Waals surface area contributed by atoms with E-state index in [1.807, 2.05) is 17.0 Å². The fourth-order valence-corrected chi connectivity index (χ4v) is 4.45. The molecule has 0 saturated carbocycles. The summed E-state index contributed by atoms with van der Waals surface area (Å²) in [6, 6.07) is 8.21. The number of anilines is 2. The molecule has 1 fully saturated rings. The summed E-state index contributed by atoms with van der Waals surface area (Å²) in [5.74, 6) is 0.850. The van der Waals surface area contributed by atoms with Gasteiger partial charge >= 0.3 is 0 Å². The van der Waals surface area contributed by atoms with Gasteiger partial charge in [-0.25, -0.2) is 4.98 Å². The van der Waals surface area contributed by atoms with Gasteiger partial charge in [-0.3, -0.25) is 9.59 Å². The van der Waals surface area contributed by atoms with Gasteiger partial charge in [-0.15, -0.1) is 11.3 Å². The van der Waals surface area contributed by atoms with Crippen LogP contribution in [0, 0.1) is 0 Å². The second-order valence-corrected chi connectivity index (χ2v) is 7.96. The smallest absolute Gasteiger partial charge is 0.226 e. The van der Waals surface area contributed by atoms with E-state index in [9.17, 15) is 9.59 Å². The SMILES string of the molecule is O=C(CCC(=O)N1CCN(c2nsc3ccccc23)CC1)Nc1nccs1. The van der Waals surface area contributed by atoms with Gasteiger partial charge in [0.2, 0.25) is 11.8 Å². The van der Waals surface area contributed by atoms with Gasteiger partial charge in [-0.2, -0.15) is 4.37 Å². The van der Waals surface area contributed by atoms with Gasteiger partial charge in [0, 0.05) is 56.0 Å². The molecule has 1 aromatic carbocycles. The summed E-state index contributed by atoms with van der Waals surface area (Å²) in [4.78, 5) is 32.4. The number of thiazole rings is 1. The van der Waals surface area contributed by atoms with Crippen molar-refractivity contribution in [1.29, 1.82) is 0 Å². The van der Waals surface area contributed by atoms with Crippen LogP contribution in [0.1, 0.15) is 12.8 Å². The van der Waals surface area contributed by atoms with Crippen molar-refractivity contribution in [1.82, 2.24) is 14.3 Å². The summed E-state index contributed by atoms with van der Waals surface area (Å²) in [6.07, 6.45) is 2.03. The molecule has 140 valence electrons. The summed E-state index contributed by atoms with van der Waals surface area (Å²) in [5.41, 5.74) is 0. The molecule has 1 saturated heterocycles. The highest BCUT2D eigenvalue weighted by atomic mass is 32.1. The molecule has 3 aromatic rings. The molecule has 1 aliphatic rings. The molecule has 0 radical (unpaired) electrons. The van der Waals surface area contributed by atoms with Gasteiger partial charge in [0.1, 0.15) is 5.82 Å². The summed E-state index contributed by atoms with van der Waals surface area (Å²) in [7, 11) is 0. The van der Waals surface area contributed by atoms with Crippen LogP contribution in [0.5, 0.6) is 0 Å². The fraction of sp³-hybridized carbons (Fsp3) is 0.333. The Hall–Kier alpha value is -2.52. The number of carbonyl (C=O) groups is 2. The Morgan fingerprint density at radius 3 is 2.70 bits per heavy atom. The Morgan fingerprint density at radius 2 is 1.93 bits per heavy atom. The molecule has 7 nitrogen and oxygen atoms in total. The van der Waals surface area contributed by atoms with Crippen LogP contribution in [0.15, 0.2) is 35.8 Å². The molecule has 1 N–H and O–H groups in total. The maximum atomic E-state index is 12.4. The Balaban J connectivity index is 1.27. The molecule has 0 unspecified atom stereocenters. The number of rotatable bonds is 5. The molecule has 27 heavy (non-hydrogen) atoms. The highest BCUT2D eigenvalue weighted by Crippen LogP contribution is 2.29. The predicted molar refractivity (Wildman–Crippen MR) is 108 cm³/mol. The largest absolute Gasteiger partial charge is 0.352 e. The van der Waals surface area contributed by atoms with E-state index >= 15 is 0 Å². The number of amides is 2. The number of hydrogen-bond donors (Lipinski definition) is 1. The average molecular weight is 402 g/mol. The minimum atomic E-state index is -0.175.